The van der Waals surface area contributed by atoms with Crippen molar-refractivity contribution in [1.82, 2.24) is 14.3 Å². The molecule has 11 heteroatoms. The fraction of sp³-hybridized carbons (Fsp3) is 0.333. The van der Waals surface area contributed by atoms with Crippen molar-refractivity contribution in [2.45, 2.75) is 0 Å². The van der Waals surface area contributed by atoms with Crippen molar-refractivity contribution in [3.63, 3.8) is 0 Å². The number of halogens is 3. The lowest BCUT2D eigenvalue weighted by molar-refractivity contribution is 0.386. The Bertz CT molecular complexity index is 922. The van der Waals surface area contributed by atoms with Crippen molar-refractivity contribution in [3.05, 3.63) is 39.7 Å². The number of hydrogen-bond acceptors (Lipinski definition) is 6. The standard InChI is InChI=1S/C15H16BrClFN5O2S/c1-26(24,25)23-6-4-22(5-7-23)14-11(16)9-19-15(21-14)20-10-2-3-13(18)12(17)8-10/h2-3,8-9H,4-7H2,1H3,(H,19,20,21). The number of sulfonamides is 1. The summed E-state index contributed by atoms with van der Waals surface area (Å²) in [6, 6.07) is 4.25. The number of rotatable bonds is 4. The van der Waals surface area contributed by atoms with E-state index in [1.54, 1.807) is 6.20 Å². The zero-order valence-electron chi connectivity index (χ0n) is 13.8. The zero-order valence-corrected chi connectivity index (χ0v) is 16.9. The van der Waals surface area contributed by atoms with Gasteiger partial charge in [-0.15, -0.1) is 0 Å². The third-order valence-electron chi connectivity index (χ3n) is 3.91. The highest BCUT2D eigenvalue weighted by Gasteiger charge is 2.25. The Balaban J connectivity index is 1.77. The van der Waals surface area contributed by atoms with E-state index in [0.717, 1.165) is 0 Å². The van der Waals surface area contributed by atoms with Gasteiger partial charge in [0.15, 0.2) is 0 Å². The maximum Gasteiger partial charge on any atom is 0.229 e. The van der Waals surface area contributed by atoms with E-state index in [1.807, 2.05) is 4.90 Å². The largest absolute Gasteiger partial charge is 0.353 e. The van der Waals surface area contributed by atoms with Crippen LogP contribution in [0, 0.1) is 5.82 Å². The molecule has 1 N–H and O–H groups in total. The van der Waals surface area contributed by atoms with Crippen molar-refractivity contribution >= 4 is 55.0 Å². The molecule has 1 fully saturated rings. The van der Waals surface area contributed by atoms with Crippen molar-refractivity contribution in [3.8, 4) is 0 Å². The van der Waals surface area contributed by atoms with Gasteiger partial charge in [0.2, 0.25) is 16.0 Å². The molecule has 1 aliphatic heterocycles. The van der Waals surface area contributed by atoms with E-state index in [9.17, 15) is 12.8 Å². The molecule has 1 aromatic carbocycles. The second-order valence-electron chi connectivity index (χ2n) is 5.77. The Kier molecular flexibility index (Phi) is 5.66. The summed E-state index contributed by atoms with van der Waals surface area (Å²) >= 11 is 9.21. The van der Waals surface area contributed by atoms with Crippen molar-refractivity contribution in [2.75, 3.05) is 42.7 Å². The molecular formula is C15H16BrClFN5O2S. The molecule has 0 aliphatic carbocycles. The van der Waals surface area contributed by atoms with Gasteiger partial charge in [-0.1, -0.05) is 11.6 Å². The molecule has 1 aliphatic rings. The quantitative estimate of drug-likeness (QED) is 0.750. The average Bonchev–Trinajstić information content (AvgIpc) is 2.59. The molecule has 0 amide bonds. The van der Waals surface area contributed by atoms with Crippen molar-refractivity contribution in [2.24, 2.45) is 0 Å². The zero-order chi connectivity index (χ0) is 18.9. The summed E-state index contributed by atoms with van der Waals surface area (Å²) < 4.78 is 38.7. The Morgan fingerprint density at radius 3 is 2.58 bits per heavy atom. The minimum atomic E-state index is -3.19. The van der Waals surface area contributed by atoms with Gasteiger partial charge in [-0.3, -0.25) is 0 Å². The topological polar surface area (TPSA) is 78.4 Å². The highest BCUT2D eigenvalue weighted by molar-refractivity contribution is 9.10. The molecule has 0 saturated carbocycles. The van der Waals surface area contributed by atoms with Crippen LogP contribution in [0.15, 0.2) is 28.9 Å². The number of benzene rings is 1. The van der Waals surface area contributed by atoms with E-state index in [4.69, 9.17) is 11.6 Å². The molecule has 140 valence electrons. The molecule has 0 radical (unpaired) electrons. The smallest absolute Gasteiger partial charge is 0.229 e. The van der Waals surface area contributed by atoms with Crippen LogP contribution in [0.4, 0.5) is 21.8 Å². The van der Waals surface area contributed by atoms with Gasteiger partial charge in [0.25, 0.3) is 0 Å². The Labute approximate surface area is 164 Å². The molecule has 0 bridgehead atoms. The molecule has 26 heavy (non-hydrogen) atoms. The lowest BCUT2D eigenvalue weighted by Gasteiger charge is -2.34. The normalized spacial score (nSPS) is 15.9. The van der Waals surface area contributed by atoms with Crippen LogP contribution in [0.5, 0.6) is 0 Å². The molecule has 0 unspecified atom stereocenters. The number of nitrogens with one attached hydrogen (secondary N) is 1. The Hall–Kier alpha value is -1.49. The summed E-state index contributed by atoms with van der Waals surface area (Å²) in [6.07, 6.45) is 2.82. The molecule has 7 nitrogen and oxygen atoms in total. The van der Waals surface area contributed by atoms with E-state index in [2.05, 4.69) is 31.2 Å². The predicted molar refractivity (Wildman–Crippen MR) is 103 cm³/mol. The average molecular weight is 465 g/mol. The van der Waals surface area contributed by atoms with Gasteiger partial charge in [-0.2, -0.15) is 9.29 Å². The van der Waals surface area contributed by atoms with Crippen molar-refractivity contribution < 1.29 is 12.8 Å². The molecule has 2 aromatic rings. The highest BCUT2D eigenvalue weighted by Crippen LogP contribution is 2.27. The number of hydrogen-bond donors (Lipinski definition) is 1. The minimum Gasteiger partial charge on any atom is -0.353 e. The predicted octanol–water partition coefficient (Wildman–Crippen LogP) is 2.86. The van der Waals surface area contributed by atoms with E-state index < -0.39 is 15.8 Å². The second-order valence-corrected chi connectivity index (χ2v) is 9.01. The fourth-order valence-corrected chi connectivity index (χ4v) is 4.02. The molecule has 1 aromatic heterocycles. The van der Waals surface area contributed by atoms with Crippen molar-refractivity contribution in [1.29, 1.82) is 0 Å². The number of anilines is 3. The first-order valence-corrected chi connectivity index (χ1v) is 10.7. The summed E-state index contributed by atoms with van der Waals surface area (Å²) in [7, 11) is -3.19. The van der Waals surface area contributed by atoms with E-state index in [-0.39, 0.29) is 5.02 Å². The maximum atomic E-state index is 13.3. The van der Waals surface area contributed by atoms with Crippen LogP contribution in [-0.4, -0.2) is 55.1 Å². The van der Waals surface area contributed by atoms with E-state index >= 15 is 0 Å². The monoisotopic (exact) mass is 463 g/mol. The molecule has 1 saturated heterocycles. The van der Waals surface area contributed by atoms with Gasteiger partial charge in [-0.05, 0) is 34.1 Å². The summed E-state index contributed by atoms with van der Waals surface area (Å²) in [4.78, 5) is 10.7. The van der Waals surface area contributed by atoms with Crippen LogP contribution in [-0.2, 0) is 10.0 Å². The van der Waals surface area contributed by atoms with Gasteiger partial charge >= 0.3 is 0 Å². The molecule has 0 atom stereocenters. The fourth-order valence-electron chi connectivity index (χ4n) is 2.57. The second kappa shape index (κ2) is 7.63. The van der Waals surface area contributed by atoms with Crippen LogP contribution in [0.2, 0.25) is 5.02 Å². The number of nitrogens with zero attached hydrogens (tertiary/aromatic N) is 4. The Morgan fingerprint density at radius 2 is 1.96 bits per heavy atom. The van der Waals surface area contributed by atoms with E-state index in [0.29, 0.717) is 48.1 Å². The Morgan fingerprint density at radius 1 is 1.27 bits per heavy atom. The van der Waals surface area contributed by atoms with Crippen LogP contribution < -0.4 is 10.2 Å². The summed E-state index contributed by atoms with van der Waals surface area (Å²) in [5.74, 6) is 0.485. The number of aromatic nitrogens is 2. The number of piperazine rings is 1. The highest BCUT2D eigenvalue weighted by atomic mass is 79.9. The maximum absolute atomic E-state index is 13.3. The van der Waals surface area contributed by atoms with Crippen LogP contribution in [0.3, 0.4) is 0 Å². The minimum absolute atomic E-state index is 0.00392. The SMILES string of the molecule is CS(=O)(=O)N1CCN(c2nc(Nc3ccc(F)c(Cl)c3)ncc2Br)CC1. The van der Waals surface area contributed by atoms with Gasteiger partial charge in [0.1, 0.15) is 11.6 Å². The first-order chi connectivity index (χ1) is 12.2. The summed E-state index contributed by atoms with van der Waals surface area (Å²) in [5.41, 5.74) is 0.562. The first-order valence-electron chi connectivity index (χ1n) is 7.69. The molecular weight excluding hydrogens is 449 g/mol. The van der Waals surface area contributed by atoms with Crippen LogP contribution in [0.25, 0.3) is 0 Å². The van der Waals surface area contributed by atoms with E-state index in [1.165, 1.54) is 28.8 Å². The third-order valence-corrected chi connectivity index (χ3v) is 6.06. The van der Waals surface area contributed by atoms with Gasteiger partial charge < -0.3 is 10.2 Å². The third kappa shape index (κ3) is 4.43. The lowest BCUT2D eigenvalue weighted by atomic mass is 10.3. The van der Waals surface area contributed by atoms with Crippen LogP contribution in [0.1, 0.15) is 0 Å². The van der Waals surface area contributed by atoms with Crippen LogP contribution >= 0.6 is 27.5 Å². The molecule has 2 heterocycles. The summed E-state index contributed by atoms with van der Waals surface area (Å²) in [5, 5.41) is 2.99. The summed E-state index contributed by atoms with van der Waals surface area (Å²) in [6.45, 7) is 1.83. The molecule has 0 spiro atoms. The van der Waals surface area contributed by atoms with Gasteiger partial charge in [-0.25, -0.2) is 17.8 Å². The van der Waals surface area contributed by atoms with Gasteiger partial charge in [0, 0.05) is 38.1 Å². The van der Waals surface area contributed by atoms with Gasteiger partial charge in [0.05, 0.1) is 15.8 Å². The lowest BCUT2D eigenvalue weighted by Crippen LogP contribution is -2.48. The first kappa shape index (κ1) is 19.3. The molecule has 3 rings (SSSR count).